The first-order valence-electron chi connectivity index (χ1n) is 12.3. The van der Waals surface area contributed by atoms with Crippen LogP contribution in [0, 0.1) is 17.8 Å². The summed E-state index contributed by atoms with van der Waals surface area (Å²) in [5, 5.41) is 1.26. The van der Waals surface area contributed by atoms with Crippen LogP contribution in [0.3, 0.4) is 0 Å². The molecule has 0 aliphatic heterocycles. The molecule has 31 heavy (non-hydrogen) atoms. The summed E-state index contributed by atoms with van der Waals surface area (Å²) in [5.74, 6) is 4.42. The SMILES string of the molecule is [SiH3]c1ccc(OCC2CC=CCC2)c(OCC2CC=CCC2)c1OCC1CC=CCC1. The minimum absolute atomic E-state index is 0.579. The van der Waals surface area contributed by atoms with Crippen molar-refractivity contribution in [2.45, 2.75) is 57.8 Å². The fourth-order valence-electron chi connectivity index (χ4n) is 4.71. The summed E-state index contributed by atoms with van der Waals surface area (Å²) >= 11 is 0. The van der Waals surface area contributed by atoms with Crippen LogP contribution in [-0.4, -0.2) is 30.1 Å². The molecule has 0 N–H and O–H groups in total. The molecular weight excluding hydrogens is 400 g/mol. The van der Waals surface area contributed by atoms with Crippen molar-refractivity contribution in [3.8, 4) is 17.2 Å². The fourth-order valence-corrected chi connectivity index (χ4v) is 5.24. The van der Waals surface area contributed by atoms with Gasteiger partial charge in [0.05, 0.1) is 19.8 Å². The quantitative estimate of drug-likeness (QED) is 0.406. The van der Waals surface area contributed by atoms with Crippen LogP contribution in [0.1, 0.15) is 57.8 Å². The molecule has 3 aliphatic rings. The number of hydrogen-bond donors (Lipinski definition) is 0. The van der Waals surface area contributed by atoms with E-state index in [1.54, 1.807) is 0 Å². The topological polar surface area (TPSA) is 27.7 Å². The molecule has 4 heteroatoms. The minimum atomic E-state index is 0.579. The maximum absolute atomic E-state index is 6.48. The van der Waals surface area contributed by atoms with E-state index in [0.29, 0.717) is 17.8 Å². The van der Waals surface area contributed by atoms with Gasteiger partial charge in [0, 0.05) is 10.2 Å². The Kier molecular flexibility index (Phi) is 8.34. The number of ether oxygens (including phenoxy) is 3. The van der Waals surface area contributed by atoms with Crippen LogP contribution in [0.15, 0.2) is 48.6 Å². The molecule has 0 amide bonds. The minimum Gasteiger partial charge on any atom is -0.489 e. The van der Waals surface area contributed by atoms with Crippen molar-refractivity contribution in [1.82, 2.24) is 0 Å². The van der Waals surface area contributed by atoms with E-state index in [1.807, 2.05) is 0 Å². The largest absolute Gasteiger partial charge is 0.489 e. The summed E-state index contributed by atoms with van der Waals surface area (Å²) in [5.41, 5.74) is 0. The van der Waals surface area contributed by atoms with Crippen LogP contribution < -0.4 is 19.4 Å². The van der Waals surface area contributed by atoms with Gasteiger partial charge in [0.2, 0.25) is 5.75 Å². The second-order valence-electron chi connectivity index (χ2n) is 9.42. The molecule has 0 saturated carbocycles. The Hall–Kier alpha value is -1.94. The van der Waals surface area contributed by atoms with Crippen molar-refractivity contribution in [3.05, 3.63) is 48.6 Å². The van der Waals surface area contributed by atoms with E-state index in [1.165, 1.54) is 30.9 Å². The zero-order valence-electron chi connectivity index (χ0n) is 19.1. The van der Waals surface area contributed by atoms with Crippen molar-refractivity contribution in [2.24, 2.45) is 17.8 Å². The summed E-state index contributed by atoms with van der Waals surface area (Å²) in [6.07, 6.45) is 24.2. The summed E-state index contributed by atoms with van der Waals surface area (Å²) in [6.45, 7) is 2.25. The van der Waals surface area contributed by atoms with Crippen LogP contribution in [0.2, 0.25) is 0 Å². The van der Waals surface area contributed by atoms with Gasteiger partial charge < -0.3 is 14.2 Å². The predicted octanol–water partition coefficient (Wildman–Crippen LogP) is 4.88. The maximum atomic E-state index is 6.48. The highest BCUT2D eigenvalue weighted by Crippen LogP contribution is 2.38. The first-order chi connectivity index (χ1) is 15.3. The highest BCUT2D eigenvalue weighted by molar-refractivity contribution is 6.34. The lowest BCUT2D eigenvalue weighted by atomic mass is 9.95. The molecular formula is C27H38O3Si. The Balaban J connectivity index is 1.47. The molecule has 3 nitrogen and oxygen atoms in total. The van der Waals surface area contributed by atoms with Gasteiger partial charge in [0.15, 0.2) is 11.5 Å². The van der Waals surface area contributed by atoms with Crippen molar-refractivity contribution >= 4 is 15.4 Å². The Morgan fingerprint density at radius 2 is 1.10 bits per heavy atom. The standard InChI is InChI=1S/C27H38O3Si/c31-25-17-16-24(28-18-21-10-4-1-5-11-21)26(29-19-22-12-6-2-7-13-22)27(25)30-20-23-14-8-3-9-15-23/h1-4,6,8,16-17,21-23H,5,7,9-15,18-20H2,31H3. The summed E-state index contributed by atoms with van der Waals surface area (Å²) in [7, 11) is 0.934. The fraction of sp³-hybridized carbons (Fsp3) is 0.556. The molecule has 0 spiro atoms. The molecule has 0 radical (unpaired) electrons. The normalized spacial score (nSPS) is 25.5. The molecule has 0 fully saturated rings. The monoisotopic (exact) mass is 438 g/mol. The highest BCUT2D eigenvalue weighted by atomic mass is 28.1. The van der Waals surface area contributed by atoms with Crippen molar-refractivity contribution < 1.29 is 14.2 Å². The molecule has 0 bridgehead atoms. The predicted molar refractivity (Wildman–Crippen MR) is 132 cm³/mol. The summed E-state index contributed by atoms with van der Waals surface area (Å²) < 4.78 is 19.3. The average molecular weight is 439 g/mol. The molecule has 0 saturated heterocycles. The Labute approximate surface area is 191 Å². The first-order valence-corrected chi connectivity index (χ1v) is 13.3. The molecule has 3 unspecified atom stereocenters. The van der Waals surface area contributed by atoms with Gasteiger partial charge in [-0.15, -0.1) is 0 Å². The molecule has 4 rings (SSSR count). The lowest BCUT2D eigenvalue weighted by molar-refractivity contribution is 0.185. The highest BCUT2D eigenvalue weighted by Gasteiger charge is 2.21. The molecule has 168 valence electrons. The Bertz CT molecular complexity index is 798. The molecule has 0 heterocycles. The second kappa shape index (κ2) is 11.6. The van der Waals surface area contributed by atoms with Crippen LogP contribution in [0.5, 0.6) is 17.2 Å². The average Bonchev–Trinajstić information content (AvgIpc) is 2.83. The van der Waals surface area contributed by atoms with Crippen molar-refractivity contribution in [2.75, 3.05) is 19.8 Å². The van der Waals surface area contributed by atoms with Crippen LogP contribution in [0.25, 0.3) is 0 Å². The number of rotatable bonds is 9. The molecule has 1 aromatic carbocycles. The van der Waals surface area contributed by atoms with Gasteiger partial charge in [-0.25, -0.2) is 0 Å². The van der Waals surface area contributed by atoms with E-state index in [4.69, 9.17) is 14.2 Å². The number of allylic oxidation sites excluding steroid dienone is 6. The number of benzene rings is 1. The van der Waals surface area contributed by atoms with Gasteiger partial charge in [-0.2, -0.15) is 0 Å². The van der Waals surface area contributed by atoms with E-state index in [2.05, 4.69) is 48.6 Å². The third-order valence-electron chi connectivity index (χ3n) is 6.81. The number of hydrogen-bond acceptors (Lipinski definition) is 3. The van der Waals surface area contributed by atoms with Crippen molar-refractivity contribution in [1.29, 1.82) is 0 Å². The third kappa shape index (κ3) is 6.52. The lowest BCUT2D eigenvalue weighted by Crippen LogP contribution is -2.21. The van der Waals surface area contributed by atoms with Gasteiger partial charge in [-0.3, -0.25) is 0 Å². The Morgan fingerprint density at radius 3 is 1.58 bits per heavy atom. The molecule has 3 atom stereocenters. The third-order valence-corrected chi connectivity index (χ3v) is 7.59. The zero-order valence-corrected chi connectivity index (χ0v) is 21.1. The second-order valence-corrected chi connectivity index (χ2v) is 10.5. The van der Waals surface area contributed by atoms with Crippen LogP contribution >= 0.6 is 0 Å². The van der Waals surface area contributed by atoms with Crippen LogP contribution in [0.4, 0.5) is 0 Å². The van der Waals surface area contributed by atoms with E-state index in [-0.39, 0.29) is 0 Å². The lowest BCUT2D eigenvalue weighted by Gasteiger charge is -2.25. The molecule has 3 aliphatic carbocycles. The molecule has 0 aromatic heterocycles. The zero-order chi connectivity index (χ0) is 21.3. The summed E-state index contributed by atoms with van der Waals surface area (Å²) in [4.78, 5) is 0. The van der Waals surface area contributed by atoms with Gasteiger partial charge in [0.1, 0.15) is 0 Å². The van der Waals surface area contributed by atoms with Gasteiger partial charge in [-0.1, -0.05) is 42.5 Å². The molecule has 1 aromatic rings. The van der Waals surface area contributed by atoms with Crippen LogP contribution in [-0.2, 0) is 0 Å². The van der Waals surface area contributed by atoms with E-state index >= 15 is 0 Å². The summed E-state index contributed by atoms with van der Waals surface area (Å²) in [6, 6.07) is 4.28. The Morgan fingerprint density at radius 1 is 0.613 bits per heavy atom. The van der Waals surface area contributed by atoms with E-state index in [0.717, 1.165) is 79.4 Å². The maximum Gasteiger partial charge on any atom is 0.203 e. The smallest absolute Gasteiger partial charge is 0.203 e. The van der Waals surface area contributed by atoms with Gasteiger partial charge in [-0.05, 0) is 86.8 Å². The van der Waals surface area contributed by atoms with Gasteiger partial charge in [0.25, 0.3) is 0 Å². The van der Waals surface area contributed by atoms with Gasteiger partial charge >= 0.3 is 0 Å². The van der Waals surface area contributed by atoms with Crippen molar-refractivity contribution in [3.63, 3.8) is 0 Å². The first kappa shape index (κ1) is 22.3. The van der Waals surface area contributed by atoms with E-state index < -0.39 is 0 Å². The van der Waals surface area contributed by atoms with E-state index in [9.17, 15) is 0 Å².